The van der Waals surface area contributed by atoms with Crippen LogP contribution in [0.2, 0.25) is 0 Å². The molecule has 0 saturated heterocycles. The number of aliphatic imine (C=N–C) groups is 1. The van der Waals surface area contributed by atoms with Crippen LogP contribution in [0.25, 0.3) is 11.0 Å². The summed E-state index contributed by atoms with van der Waals surface area (Å²) in [5, 5.41) is 2.90. The summed E-state index contributed by atoms with van der Waals surface area (Å²) in [6.45, 7) is 5.21. The van der Waals surface area contributed by atoms with Crippen molar-refractivity contribution in [1.29, 1.82) is 0 Å². The number of fused-ring (bicyclic) bond motifs is 2. The molecule has 1 aromatic heterocycles. The normalized spacial score (nSPS) is 14.8. The van der Waals surface area contributed by atoms with Gasteiger partial charge in [-0.3, -0.25) is 9.79 Å². The Kier molecular flexibility index (Phi) is 7.37. The lowest BCUT2D eigenvalue weighted by Gasteiger charge is -2.24. The summed E-state index contributed by atoms with van der Waals surface area (Å²) in [7, 11) is 0. The van der Waals surface area contributed by atoms with Crippen LogP contribution in [0.1, 0.15) is 38.7 Å². The molecule has 2 heterocycles. The van der Waals surface area contributed by atoms with Crippen molar-refractivity contribution < 1.29 is 28.2 Å². The second-order valence-electron chi connectivity index (χ2n) is 10.3. The van der Waals surface area contributed by atoms with Gasteiger partial charge in [-0.05, 0) is 63.1 Å². The van der Waals surface area contributed by atoms with Gasteiger partial charge in [0, 0.05) is 18.2 Å². The summed E-state index contributed by atoms with van der Waals surface area (Å²) < 4.78 is 22.3. The maximum Gasteiger partial charge on any atom is 0.408 e. The van der Waals surface area contributed by atoms with E-state index in [1.807, 2.05) is 30.3 Å². The average molecular weight is 541 g/mol. The van der Waals surface area contributed by atoms with Crippen LogP contribution in [0.5, 0.6) is 17.2 Å². The molecule has 0 saturated carbocycles. The van der Waals surface area contributed by atoms with E-state index < -0.39 is 23.7 Å². The fraction of sp³-hybridized carbons (Fsp3) is 0.226. The molecular weight excluding hydrogens is 512 g/mol. The van der Waals surface area contributed by atoms with Crippen LogP contribution in [0.4, 0.5) is 10.5 Å². The molecular formula is C31H28N2O7. The van der Waals surface area contributed by atoms with Gasteiger partial charge in [0.15, 0.2) is 0 Å². The van der Waals surface area contributed by atoms with Crippen molar-refractivity contribution in [2.24, 2.45) is 4.99 Å². The fourth-order valence-electron chi connectivity index (χ4n) is 4.30. The van der Waals surface area contributed by atoms with Gasteiger partial charge in [0.2, 0.25) is 11.2 Å². The zero-order chi connectivity index (χ0) is 28.3. The summed E-state index contributed by atoms with van der Waals surface area (Å²) in [5.41, 5.74) is 0.860. The number of carbonyl (C=O) groups excluding carboxylic acids is 2. The number of carbonyl (C=O) groups is 2. The number of alkyl carbamates (subject to hydrolysis) is 1. The van der Waals surface area contributed by atoms with Gasteiger partial charge in [0.05, 0.1) is 11.1 Å². The predicted molar refractivity (Wildman–Crippen MR) is 150 cm³/mol. The van der Waals surface area contributed by atoms with E-state index in [9.17, 15) is 14.4 Å². The Morgan fingerprint density at radius 2 is 1.75 bits per heavy atom. The van der Waals surface area contributed by atoms with E-state index in [-0.39, 0.29) is 40.2 Å². The van der Waals surface area contributed by atoms with Crippen molar-refractivity contribution in [2.45, 2.75) is 44.8 Å². The summed E-state index contributed by atoms with van der Waals surface area (Å²) in [6, 6.07) is 19.9. The van der Waals surface area contributed by atoms with Gasteiger partial charge in [0.1, 0.15) is 35.0 Å². The Hall–Kier alpha value is -4.92. The Bertz CT molecular complexity index is 1640. The minimum absolute atomic E-state index is 0.0311. The first-order valence-electron chi connectivity index (χ1n) is 12.8. The number of hydrogen-bond donors (Lipinski definition) is 1. The second-order valence-corrected chi connectivity index (χ2v) is 10.3. The number of nitrogens with one attached hydrogen (secondary N) is 1. The van der Waals surface area contributed by atoms with E-state index in [1.54, 1.807) is 51.3 Å². The maximum atomic E-state index is 13.3. The van der Waals surface area contributed by atoms with Crippen molar-refractivity contribution >= 4 is 34.9 Å². The van der Waals surface area contributed by atoms with Crippen LogP contribution < -0.4 is 20.2 Å². The topological polar surface area (TPSA) is 116 Å². The number of hydrogen-bond acceptors (Lipinski definition) is 8. The molecule has 204 valence electrons. The minimum atomic E-state index is -1.04. The van der Waals surface area contributed by atoms with Crippen molar-refractivity contribution in [3.63, 3.8) is 0 Å². The van der Waals surface area contributed by atoms with Crippen molar-refractivity contribution in [3.05, 3.63) is 94.8 Å². The number of ether oxygens (including phenoxy) is 3. The lowest BCUT2D eigenvalue weighted by atomic mass is 9.94. The quantitative estimate of drug-likeness (QED) is 0.217. The standard InChI is InChI=1S/C31H28N2O7/c1-31(2,3)40-30(36)33-25(15-19-17-32-24-12-8-7-11-22(19)24)29(35)39-21-13-14-23-26(16-21)37-18-27(28(23)34)38-20-9-5-4-6-10-20/h4-14,16-19,25H,15H2,1-3H3,(H,33,36)/t19-,25+/m0/s1. The Morgan fingerprint density at radius 1 is 1.00 bits per heavy atom. The van der Waals surface area contributed by atoms with Crippen molar-refractivity contribution in [3.8, 4) is 17.2 Å². The molecule has 1 N–H and O–H groups in total. The van der Waals surface area contributed by atoms with E-state index in [0.29, 0.717) is 5.75 Å². The van der Waals surface area contributed by atoms with Crippen LogP contribution in [0.15, 0.2) is 93.3 Å². The third kappa shape index (κ3) is 6.20. The molecule has 0 radical (unpaired) electrons. The summed E-state index contributed by atoms with van der Waals surface area (Å²) in [4.78, 5) is 43.3. The van der Waals surface area contributed by atoms with Gasteiger partial charge in [0.25, 0.3) is 0 Å². The zero-order valence-electron chi connectivity index (χ0n) is 22.2. The molecule has 3 aromatic carbocycles. The van der Waals surface area contributed by atoms with Gasteiger partial charge in [-0.1, -0.05) is 36.4 Å². The van der Waals surface area contributed by atoms with Crippen LogP contribution in [0, 0.1) is 0 Å². The summed E-state index contributed by atoms with van der Waals surface area (Å²) >= 11 is 0. The third-order valence-corrected chi connectivity index (χ3v) is 6.10. The molecule has 9 nitrogen and oxygen atoms in total. The first kappa shape index (κ1) is 26.7. The number of amides is 1. The summed E-state index contributed by atoms with van der Waals surface area (Å²) in [5.74, 6) is -0.230. The molecule has 1 aliphatic heterocycles. The van der Waals surface area contributed by atoms with Crippen LogP contribution in [-0.4, -0.2) is 29.9 Å². The van der Waals surface area contributed by atoms with E-state index in [0.717, 1.165) is 11.3 Å². The zero-order valence-corrected chi connectivity index (χ0v) is 22.2. The van der Waals surface area contributed by atoms with Crippen LogP contribution >= 0.6 is 0 Å². The summed E-state index contributed by atoms with van der Waals surface area (Å²) in [6.07, 6.45) is 2.43. The Morgan fingerprint density at radius 3 is 2.52 bits per heavy atom. The average Bonchev–Trinajstić information content (AvgIpc) is 3.32. The highest BCUT2D eigenvalue weighted by molar-refractivity contribution is 5.87. The Balaban J connectivity index is 1.35. The van der Waals surface area contributed by atoms with E-state index in [2.05, 4.69) is 10.3 Å². The molecule has 5 rings (SSSR count). The number of esters is 1. The van der Waals surface area contributed by atoms with Crippen LogP contribution in [-0.2, 0) is 9.53 Å². The lowest BCUT2D eigenvalue weighted by Crippen LogP contribution is -2.46. The molecule has 0 spiro atoms. The third-order valence-electron chi connectivity index (χ3n) is 6.10. The highest BCUT2D eigenvalue weighted by Crippen LogP contribution is 2.34. The van der Waals surface area contributed by atoms with Crippen molar-refractivity contribution in [1.82, 2.24) is 5.32 Å². The molecule has 1 amide bonds. The maximum absolute atomic E-state index is 13.3. The van der Waals surface area contributed by atoms with E-state index >= 15 is 0 Å². The van der Waals surface area contributed by atoms with Gasteiger partial charge in [-0.15, -0.1) is 0 Å². The Labute approximate surface area is 230 Å². The molecule has 0 aliphatic carbocycles. The monoisotopic (exact) mass is 540 g/mol. The van der Waals surface area contributed by atoms with E-state index in [4.69, 9.17) is 18.6 Å². The first-order chi connectivity index (χ1) is 19.2. The molecule has 4 aromatic rings. The SMILES string of the molecule is CC(C)(C)OC(=O)N[C@H](C[C@H]1C=Nc2ccccc21)C(=O)Oc1ccc2c(=O)c(Oc3ccccc3)coc2c1. The highest BCUT2D eigenvalue weighted by atomic mass is 16.6. The molecule has 1 aliphatic rings. The minimum Gasteiger partial charge on any atom is -0.460 e. The van der Waals surface area contributed by atoms with Gasteiger partial charge in [-0.2, -0.15) is 0 Å². The highest BCUT2D eigenvalue weighted by Gasteiger charge is 2.31. The predicted octanol–water partition coefficient (Wildman–Crippen LogP) is 6.27. The molecule has 0 fully saturated rings. The van der Waals surface area contributed by atoms with Crippen molar-refractivity contribution in [2.75, 3.05) is 0 Å². The number of benzene rings is 3. The molecule has 9 heteroatoms. The molecule has 2 atom stereocenters. The second kappa shape index (κ2) is 11.1. The number of rotatable bonds is 7. The van der Waals surface area contributed by atoms with Gasteiger partial charge < -0.3 is 23.9 Å². The largest absolute Gasteiger partial charge is 0.460 e. The number of para-hydroxylation sites is 2. The molecule has 40 heavy (non-hydrogen) atoms. The first-order valence-corrected chi connectivity index (χ1v) is 12.8. The van der Waals surface area contributed by atoms with Gasteiger partial charge in [-0.25, -0.2) is 9.59 Å². The molecule has 0 bridgehead atoms. The lowest BCUT2D eigenvalue weighted by molar-refractivity contribution is -0.137. The van der Waals surface area contributed by atoms with Gasteiger partial charge >= 0.3 is 12.1 Å². The number of nitrogens with zero attached hydrogens (tertiary/aromatic N) is 1. The fourth-order valence-corrected chi connectivity index (χ4v) is 4.30. The van der Waals surface area contributed by atoms with E-state index in [1.165, 1.54) is 24.5 Å². The smallest absolute Gasteiger partial charge is 0.408 e. The van der Waals surface area contributed by atoms with Crippen LogP contribution in [0.3, 0.4) is 0 Å². The molecule has 0 unspecified atom stereocenters.